The molecule has 0 rings (SSSR count). The molecule has 0 bridgehead atoms. The van der Waals surface area contributed by atoms with Crippen LogP contribution in [0.2, 0.25) is 0 Å². The second-order valence-corrected chi connectivity index (χ2v) is 23.1. The van der Waals surface area contributed by atoms with E-state index in [2.05, 4.69) is 106 Å². The highest BCUT2D eigenvalue weighted by Crippen LogP contribution is 2.17. The molecule has 462 valence electrons. The van der Waals surface area contributed by atoms with Gasteiger partial charge in [-0.1, -0.05) is 318 Å². The molecule has 0 N–H and O–H groups in total. The van der Waals surface area contributed by atoms with Crippen LogP contribution in [-0.4, -0.2) is 37.2 Å². The molecule has 0 fully saturated rings. The summed E-state index contributed by atoms with van der Waals surface area (Å²) < 4.78 is 16.8. The molecular formula is C74H130O6. The summed E-state index contributed by atoms with van der Waals surface area (Å²) in [6, 6.07) is 0. The minimum absolute atomic E-state index is 0.0730. The normalized spacial score (nSPS) is 12.6. The van der Waals surface area contributed by atoms with E-state index in [9.17, 15) is 14.4 Å². The standard InChI is InChI=1S/C74H130O6/c1-4-7-10-13-16-18-20-22-24-26-28-30-32-33-34-35-36-37-38-39-40-41-43-44-46-48-50-52-54-56-58-61-64-67-73(76)79-70-71(69-78-72(75)66-63-60-15-12-9-6-3)80-74(77)68-65-62-59-57-55-53-51-49-47-45-42-31-29-27-25-23-21-19-17-14-11-8-5-2/h7,10,16,18,22,24,27-30,33-34,36-37,71H,4-6,8-9,11-15,17,19-21,23,25-26,31-32,35,38-70H2,1-3H3/b10-7-,18-16-,24-22-,29-27-,30-28-,34-33-,37-36-. The van der Waals surface area contributed by atoms with Crippen LogP contribution < -0.4 is 0 Å². The van der Waals surface area contributed by atoms with Crippen molar-refractivity contribution in [2.24, 2.45) is 0 Å². The van der Waals surface area contributed by atoms with E-state index in [1.54, 1.807) is 0 Å². The van der Waals surface area contributed by atoms with Crippen molar-refractivity contribution in [2.45, 2.75) is 354 Å². The molecule has 1 atom stereocenters. The van der Waals surface area contributed by atoms with Gasteiger partial charge >= 0.3 is 17.9 Å². The molecular weight excluding hydrogens is 985 g/mol. The molecule has 0 radical (unpaired) electrons. The Morgan fingerprint density at radius 2 is 0.487 bits per heavy atom. The molecule has 0 aromatic heterocycles. The number of unbranched alkanes of at least 4 members (excludes halogenated alkanes) is 38. The third-order valence-electron chi connectivity index (χ3n) is 15.1. The summed E-state index contributed by atoms with van der Waals surface area (Å²) in [5.41, 5.74) is 0. The Morgan fingerprint density at radius 1 is 0.263 bits per heavy atom. The van der Waals surface area contributed by atoms with Crippen LogP contribution in [0.1, 0.15) is 348 Å². The maximum absolute atomic E-state index is 12.9. The van der Waals surface area contributed by atoms with E-state index in [-0.39, 0.29) is 31.1 Å². The lowest BCUT2D eigenvalue weighted by atomic mass is 10.0. The molecule has 0 saturated heterocycles. The van der Waals surface area contributed by atoms with Crippen molar-refractivity contribution in [1.82, 2.24) is 0 Å². The lowest BCUT2D eigenvalue weighted by molar-refractivity contribution is -0.167. The topological polar surface area (TPSA) is 78.9 Å². The van der Waals surface area contributed by atoms with Crippen molar-refractivity contribution in [3.05, 3.63) is 85.1 Å². The highest BCUT2D eigenvalue weighted by molar-refractivity contribution is 5.71. The van der Waals surface area contributed by atoms with Gasteiger partial charge in [-0.05, 0) is 96.3 Å². The van der Waals surface area contributed by atoms with Gasteiger partial charge in [-0.2, -0.15) is 0 Å². The number of ether oxygens (including phenoxy) is 3. The summed E-state index contributed by atoms with van der Waals surface area (Å²) in [5, 5.41) is 0. The van der Waals surface area contributed by atoms with Crippen molar-refractivity contribution in [1.29, 1.82) is 0 Å². The molecule has 0 aliphatic rings. The molecule has 0 aromatic carbocycles. The Hall–Kier alpha value is -3.41. The van der Waals surface area contributed by atoms with Gasteiger partial charge in [0, 0.05) is 19.3 Å². The third kappa shape index (κ3) is 65.4. The Morgan fingerprint density at radius 3 is 0.775 bits per heavy atom. The molecule has 6 heteroatoms. The maximum Gasteiger partial charge on any atom is 0.306 e. The Kier molecular flexibility index (Phi) is 65.2. The number of rotatable bonds is 63. The highest BCUT2D eigenvalue weighted by Gasteiger charge is 2.19. The van der Waals surface area contributed by atoms with Crippen LogP contribution in [0.25, 0.3) is 0 Å². The average Bonchev–Trinajstić information content (AvgIpc) is 3.46. The summed E-state index contributed by atoms with van der Waals surface area (Å²) in [7, 11) is 0. The number of hydrogen-bond donors (Lipinski definition) is 0. The fourth-order valence-corrected chi connectivity index (χ4v) is 9.97. The van der Waals surface area contributed by atoms with Crippen molar-refractivity contribution in [2.75, 3.05) is 13.2 Å². The SMILES string of the molecule is CC/C=C\C/C=C\C/C=C\C/C=C\C/C=C\C/C=C\CCCCCCCCCCCCCCCCC(=O)OCC(COC(=O)CCCCCCCC)OC(=O)CCCCCCCCCCCCC/C=C\CCCCCCCCCC. The largest absolute Gasteiger partial charge is 0.462 e. The predicted octanol–water partition coefficient (Wildman–Crippen LogP) is 23.8. The van der Waals surface area contributed by atoms with E-state index >= 15 is 0 Å². The smallest absolute Gasteiger partial charge is 0.306 e. The second-order valence-electron chi connectivity index (χ2n) is 23.1. The van der Waals surface area contributed by atoms with E-state index in [1.807, 2.05) is 0 Å². The first kappa shape index (κ1) is 76.6. The quantitative estimate of drug-likeness (QED) is 0.0261. The van der Waals surface area contributed by atoms with Crippen molar-refractivity contribution >= 4 is 17.9 Å². The lowest BCUT2D eigenvalue weighted by Crippen LogP contribution is -2.30. The molecule has 0 aromatic rings. The maximum atomic E-state index is 12.9. The summed E-state index contributed by atoms with van der Waals surface area (Å²) in [5.74, 6) is -0.868. The molecule has 0 amide bonds. The molecule has 1 unspecified atom stereocenters. The first-order valence-corrected chi connectivity index (χ1v) is 34.6. The Bertz CT molecular complexity index is 1520. The van der Waals surface area contributed by atoms with Gasteiger partial charge in [-0.3, -0.25) is 14.4 Å². The van der Waals surface area contributed by atoms with Crippen LogP contribution in [0, 0.1) is 0 Å². The zero-order valence-corrected chi connectivity index (χ0v) is 53.1. The molecule has 6 nitrogen and oxygen atoms in total. The summed E-state index contributed by atoms with van der Waals surface area (Å²) in [6.45, 7) is 6.51. The van der Waals surface area contributed by atoms with Crippen molar-refractivity contribution in [3.63, 3.8) is 0 Å². The zero-order chi connectivity index (χ0) is 57.8. The fraction of sp³-hybridized carbons (Fsp3) is 0.770. The zero-order valence-electron chi connectivity index (χ0n) is 53.1. The molecule has 80 heavy (non-hydrogen) atoms. The van der Waals surface area contributed by atoms with Gasteiger partial charge in [0.2, 0.25) is 0 Å². The van der Waals surface area contributed by atoms with Crippen LogP contribution >= 0.6 is 0 Å². The molecule has 0 saturated carbocycles. The summed E-state index contributed by atoms with van der Waals surface area (Å²) in [6.07, 6.45) is 90.8. The summed E-state index contributed by atoms with van der Waals surface area (Å²) >= 11 is 0. The molecule has 0 aliphatic heterocycles. The van der Waals surface area contributed by atoms with E-state index < -0.39 is 6.10 Å². The Labute approximate surface area is 496 Å². The Balaban J connectivity index is 4.01. The number of carbonyl (C=O) groups is 3. The van der Waals surface area contributed by atoms with Crippen LogP contribution in [0.5, 0.6) is 0 Å². The molecule has 0 aliphatic carbocycles. The number of allylic oxidation sites excluding steroid dienone is 14. The number of hydrogen-bond acceptors (Lipinski definition) is 6. The van der Waals surface area contributed by atoms with Gasteiger partial charge in [0.15, 0.2) is 6.10 Å². The van der Waals surface area contributed by atoms with Crippen molar-refractivity contribution < 1.29 is 28.6 Å². The third-order valence-corrected chi connectivity index (χ3v) is 15.1. The van der Waals surface area contributed by atoms with E-state index in [0.29, 0.717) is 19.3 Å². The van der Waals surface area contributed by atoms with E-state index in [0.717, 1.165) is 96.3 Å². The highest BCUT2D eigenvalue weighted by atomic mass is 16.6. The van der Waals surface area contributed by atoms with Crippen molar-refractivity contribution in [3.8, 4) is 0 Å². The minimum atomic E-state index is -0.773. The minimum Gasteiger partial charge on any atom is -0.462 e. The van der Waals surface area contributed by atoms with Gasteiger partial charge in [0.05, 0.1) is 0 Å². The monoisotopic (exact) mass is 1110 g/mol. The van der Waals surface area contributed by atoms with Crippen LogP contribution in [-0.2, 0) is 28.6 Å². The van der Waals surface area contributed by atoms with Gasteiger partial charge < -0.3 is 14.2 Å². The van der Waals surface area contributed by atoms with Crippen LogP contribution in [0.15, 0.2) is 85.1 Å². The second kappa shape index (κ2) is 68.1. The predicted molar refractivity (Wildman–Crippen MR) is 348 cm³/mol. The van der Waals surface area contributed by atoms with Gasteiger partial charge in [-0.15, -0.1) is 0 Å². The average molecular weight is 1120 g/mol. The van der Waals surface area contributed by atoms with Gasteiger partial charge in [0.1, 0.15) is 13.2 Å². The van der Waals surface area contributed by atoms with Gasteiger partial charge in [0.25, 0.3) is 0 Å². The summed E-state index contributed by atoms with van der Waals surface area (Å²) in [4.78, 5) is 38.1. The number of esters is 3. The first-order valence-electron chi connectivity index (χ1n) is 34.6. The lowest BCUT2D eigenvalue weighted by Gasteiger charge is -2.18. The fourth-order valence-electron chi connectivity index (χ4n) is 9.97. The van der Waals surface area contributed by atoms with E-state index in [4.69, 9.17) is 14.2 Å². The van der Waals surface area contributed by atoms with Gasteiger partial charge in [-0.25, -0.2) is 0 Å². The number of carbonyl (C=O) groups excluding carboxylic acids is 3. The van der Waals surface area contributed by atoms with Crippen LogP contribution in [0.3, 0.4) is 0 Å². The molecule has 0 spiro atoms. The van der Waals surface area contributed by atoms with Crippen LogP contribution in [0.4, 0.5) is 0 Å². The first-order chi connectivity index (χ1) is 39.5. The van der Waals surface area contributed by atoms with E-state index in [1.165, 1.54) is 212 Å². The molecule has 0 heterocycles.